The molecular formula is C16H12N2O3. The number of Topliss-reactive ketones (excluding diaryl/α,β-unsaturated/α-hetero) is 1. The first-order valence-electron chi connectivity index (χ1n) is 6.60. The molecule has 2 heterocycles. The zero-order valence-electron chi connectivity index (χ0n) is 11.0. The fourth-order valence-electron chi connectivity index (χ4n) is 2.56. The van der Waals surface area contributed by atoms with E-state index in [-0.39, 0.29) is 11.5 Å². The van der Waals surface area contributed by atoms with Gasteiger partial charge in [0.05, 0.1) is 11.4 Å². The van der Waals surface area contributed by atoms with Crippen LogP contribution in [0.1, 0.15) is 11.7 Å². The van der Waals surface area contributed by atoms with Crippen molar-refractivity contribution in [3.05, 3.63) is 65.7 Å². The van der Waals surface area contributed by atoms with Crippen molar-refractivity contribution in [2.24, 2.45) is 0 Å². The molecule has 104 valence electrons. The summed E-state index contributed by atoms with van der Waals surface area (Å²) in [7, 11) is 0. The number of anilines is 2. The highest BCUT2D eigenvalue weighted by Gasteiger charge is 2.40. The molecule has 5 nitrogen and oxygen atoms in total. The van der Waals surface area contributed by atoms with Gasteiger partial charge < -0.3 is 20.5 Å². The molecular weight excluding hydrogens is 268 g/mol. The number of hydrogen-bond donors (Lipinski definition) is 3. The average molecular weight is 280 g/mol. The molecule has 5 heteroatoms. The van der Waals surface area contributed by atoms with Crippen LogP contribution < -0.4 is 10.6 Å². The molecule has 0 saturated carbocycles. The van der Waals surface area contributed by atoms with Crippen LogP contribution in [0.15, 0.2) is 60.1 Å². The van der Waals surface area contributed by atoms with Gasteiger partial charge in [0.25, 0.3) is 0 Å². The second-order valence-corrected chi connectivity index (χ2v) is 4.92. The lowest BCUT2D eigenvalue weighted by atomic mass is 10.0. The Balaban J connectivity index is 1.69. The molecule has 0 fully saturated rings. The number of fused-ring (bicyclic) bond motifs is 1. The summed E-state index contributed by atoms with van der Waals surface area (Å²) in [6.45, 7) is 0. The largest absolute Gasteiger partial charge is 0.508 e. The van der Waals surface area contributed by atoms with E-state index < -0.39 is 6.10 Å². The van der Waals surface area contributed by atoms with E-state index in [1.165, 1.54) is 0 Å². The van der Waals surface area contributed by atoms with Crippen molar-refractivity contribution in [2.45, 2.75) is 6.10 Å². The van der Waals surface area contributed by atoms with Crippen LogP contribution in [0, 0.1) is 0 Å². The van der Waals surface area contributed by atoms with E-state index in [0.29, 0.717) is 17.1 Å². The van der Waals surface area contributed by atoms with E-state index in [0.717, 1.165) is 11.4 Å². The van der Waals surface area contributed by atoms with Crippen LogP contribution >= 0.6 is 0 Å². The predicted octanol–water partition coefficient (Wildman–Crippen LogP) is 2.74. The summed E-state index contributed by atoms with van der Waals surface area (Å²) in [4.78, 5) is 12.5. The smallest absolute Gasteiger partial charge is 0.229 e. The third-order valence-electron chi connectivity index (χ3n) is 3.60. The third-order valence-corrected chi connectivity index (χ3v) is 3.60. The molecule has 0 bridgehead atoms. The van der Waals surface area contributed by atoms with Crippen molar-refractivity contribution in [2.75, 3.05) is 10.6 Å². The maximum absolute atomic E-state index is 12.5. The second kappa shape index (κ2) is 4.28. The Morgan fingerprint density at radius 2 is 1.62 bits per heavy atom. The van der Waals surface area contributed by atoms with E-state index in [1.54, 1.807) is 24.3 Å². The molecule has 0 aliphatic carbocycles. The summed E-state index contributed by atoms with van der Waals surface area (Å²) >= 11 is 0. The topological polar surface area (TPSA) is 70.6 Å². The molecule has 1 atom stereocenters. The van der Waals surface area contributed by atoms with Gasteiger partial charge in [-0.15, -0.1) is 0 Å². The zero-order valence-corrected chi connectivity index (χ0v) is 11.0. The molecule has 0 spiro atoms. The molecule has 2 aromatic carbocycles. The third kappa shape index (κ3) is 1.74. The SMILES string of the molecule is O=C1C2=C(Nc3ccccc3N2)O[C@H]1c1ccccc1O. The van der Waals surface area contributed by atoms with Crippen LogP contribution in [-0.2, 0) is 9.53 Å². The van der Waals surface area contributed by atoms with Crippen LogP contribution in [0.25, 0.3) is 0 Å². The number of phenols is 1. The summed E-state index contributed by atoms with van der Waals surface area (Å²) < 4.78 is 5.70. The van der Waals surface area contributed by atoms with Crippen LogP contribution in [0.5, 0.6) is 5.75 Å². The maximum atomic E-state index is 12.5. The van der Waals surface area contributed by atoms with E-state index in [1.807, 2.05) is 24.3 Å². The number of para-hydroxylation sites is 3. The Morgan fingerprint density at radius 3 is 2.38 bits per heavy atom. The maximum Gasteiger partial charge on any atom is 0.229 e. The Morgan fingerprint density at radius 1 is 0.952 bits per heavy atom. The Bertz CT molecular complexity index is 783. The molecule has 0 radical (unpaired) electrons. The standard InChI is InChI=1S/C16H12N2O3/c19-12-8-4-1-5-9(12)15-14(20)13-16(21-15)18-11-7-3-2-6-10(11)17-13/h1-8,15,17-19H/t15-/m0/s1. The number of phenolic OH excluding ortho intramolecular Hbond substituents is 1. The summed E-state index contributed by atoms with van der Waals surface area (Å²) in [6.07, 6.45) is -0.828. The molecule has 3 N–H and O–H groups in total. The molecule has 0 aromatic heterocycles. The minimum atomic E-state index is -0.828. The van der Waals surface area contributed by atoms with Crippen molar-refractivity contribution in [1.29, 1.82) is 0 Å². The number of ketones is 1. The molecule has 0 unspecified atom stereocenters. The normalized spacial score (nSPS) is 19.2. The molecule has 0 amide bonds. The van der Waals surface area contributed by atoms with Crippen molar-refractivity contribution < 1.29 is 14.6 Å². The van der Waals surface area contributed by atoms with Gasteiger partial charge in [-0.05, 0) is 18.2 Å². The summed E-state index contributed by atoms with van der Waals surface area (Å²) in [5.74, 6) is 0.244. The van der Waals surface area contributed by atoms with Gasteiger partial charge in [-0.3, -0.25) is 4.79 Å². The number of carbonyl (C=O) groups is 1. The highest BCUT2D eigenvalue weighted by atomic mass is 16.5. The summed E-state index contributed by atoms with van der Waals surface area (Å²) in [6, 6.07) is 14.3. The number of rotatable bonds is 1. The average Bonchev–Trinajstić information content (AvgIpc) is 2.82. The van der Waals surface area contributed by atoms with Crippen molar-refractivity contribution in [3.8, 4) is 5.75 Å². The number of aromatic hydroxyl groups is 1. The highest BCUT2D eigenvalue weighted by molar-refractivity contribution is 6.06. The van der Waals surface area contributed by atoms with Crippen molar-refractivity contribution in [3.63, 3.8) is 0 Å². The predicted molar refractivity (Wildman–Crippen MR) is 77.7 cm³/mol. The zero-order chi connectivity index (χ0) is 14.4. The Hall–Kier alpha value is -2.95. The van der Waals surface area contributed by atoms with Gasteiger partial charge in [0.1, 0.15) is 11.4 Å². The molecule has 2 aliphatic heterocycles. The number of hydrogen-bond acceptors (Lipinski definition) is 5. The molecule has 2 aliphatic rings. The minimum absolute atomic E-state index is 0.0493. The first kappa shape index (κ1) is 11.8. The van der Waals surface area contributed by atoms with Gasteiger partial charge in [0.15, 0.2) is 6.10 Å². The highest BCUT2D eigenvalue weighted by Crippen LogP contribution is 2.41. The monoisotopic (exact) mass is 280 g/mol. The van der Waals surface area contributed by atoms with Gasteiger partial charge in [-0.1, -0.05) is 30.3 Å². The number of nitrogens with one attached hydrogen (secondary N) is 2. The number of benzene rings is 2. The summed E-state index contributed by atoms with van der Waals surface area (Å²) in [5, 5.41) is 16.1. The van der Waals surface area contributed by atoms with Gasteiger partial charge in [-0.2, -0.15) is 0 Å². The van der Waals surface area contributed by atoms with Crippen LogP contribution in [-0.4, -0.2) is 10.9 Å². The Labute approximate surface area is 120 Å². The van der Waals surface area contributed by atoms with Gasteiger partial charge >= 0.3 is 0 Å². The lowest BCUT2D eigenvalue weighted by Crippen LogP contribution is -2.17. The van der Waals surface area contributed by atoms with E-state index in [2.05, 4.69) is 10.6 Å². The second-order valence-electron chi connectivity index (χ2n) is 4.92. The van der Waals surface area contributed by atoms with Crippen LogP contribution in [0.2, 0.25) is 0 Å². The van der Waals surface area contributed by atoms with Gasteiger partial charge in [-0.25, -0.2) is 0 Å². The number of ether oxygens (including phenoxy) is 1. The quantitative estimate of drug-likeness (QED) is 0.749. The van der Waals surface area contributed by atoms with Gasteiger partial charge in [0, 0.05) is 5.56 Å². The Kier molecular flexibility index (Phi) is 2.41. The van der Waals surface area contributed by atoms with Crippen LogP contribution in [0.3, 0.4) is 0 Å². The van der Waals surface area contributed by atoms with Crippen LogP contribution in [0.4, 0.5) is 11.4 Å². The molecule has 21 heavy (non-hydrogen) atoms. The van der Waals surface area contributed by atoms with E-state index in [9.17, 15) is 9.90 Å². The number of carbonyl (C=O) groups excluding carboxylic acids is 1. The fraction of sp³-hybridized carbons (Fsp3) is 0.0625. The minimum Gasteiger partial charge on any atom is -0.508 e. The van der Waals surface area contributed by atoms with E-state index in [4.69, 9.17) is 4.74 Å². The summed E-state index contributed by atoms with van der Waals surface area (Å²) in [5.41, 5.74) is 2.53. The van der Waals surface area contributed by atoms with Crippen molar-refractivity contribution in [1.82, 2.24) is 0 Å². The fourth-order valence-corrected chi connectivity index (χ4v) is 2.56. The molecule has 0 saturated heterocycles. The lowest BCUT2D eigenvalue weighted by molar-refractivity contribution is -0.121. The lowest BCUT2D eigenvalue weighted by Gasteiger charge is -2.19. The van der Waals surface area contributed by atoms with E-state index >= 15 is 0 Å². The van der Waals surface area contributed by atoms with Crippen molar-refractivity contribution >= 4 is 17.2 Å². The van der Waals surface area contributed by atoms with Gasteiger partial charge in [0.2, 0.25) is 11.7 Å². The molecule has 2 aromatic rings. The molecule has 4 rings (SSSR count). The first-order valence-corrected chi connectivity index (χ1v) is 6.60. The first-order chi connectivity index (χ1) is 10.2.